The number of benzene rings is 3. The molecule has 0 aliphatic carbocycles. The van der Waals surface area contributed by atoms with E-state index in [0.29, 0.717) is 0 Å². The summed E-state index contributed by atoms with van der Waals surface area (Å²) in [5, 5.41) is 11.4. The number of para-hydroxylation sites is 2. The highest BCUT2D eigenvalue weighted by Crippen LogP contribution is 2.30. The van der Waals surface area contributed by atoms with Gasteiger partial charge in [0.25, 0.3) is 0 Å². The number of aliphatic hydroxyl groups excluding tert-OH is 1. The third-order valence-electron chi connectivity index (χ3n) is 4.03. The molecule has 3 N–H and O–H groups in total. The van der Waals surface area contributed by atoms with E-state index < -0.39 is 0 Å². The molecule has 0 unspecified atom stereocenters. The van der Waals surface area contributed by atoms with Gasteiger partial charge in [-0.25, -0.2) is 4.98 Å². The first-order valence-electron chi connectivity index (χ1n) is 7.84. The molecule has 0 bridgehead atoms. The monoisotopic (exact) mass is 315 g/mol. The van der Waals surface area contributed by atoms with Gasteiger partial charge in [0, 0.05) is 10.8 Å². The van der Waals surface area contributed by atoms with Crippen molar-refractivity contribution in [2.45, 2.75) is 6.61 Å². The molecule has 0 saturated carbocycles. The number of rotatable bonds is 4. The van der Waals surface area contributed by atoms with E-state index in [1.54, 1.807) is 0 Å². The molecule has 4 aromatic rings. The number of nitrogens with one attached hydrogen (secondary N) is 2. The maximum Gasteiger partial charge on any atom is 0.0731 e. The molecule has 3 aromatic carbocycles. The van der Waals surface area contributed by atoms with Gasteiger partial charge in [-0.1, -0.05) is 48.5 Å². The van der Waals surface area contributed by atoms with Crippen molar-refractivity contribution >= 4 is 33.2 Å². The van der Waals surface area contributed by atoms with Crippen LogP contribution in [0.2, 0.25) is 0 Å². The largest absolute Gasteiger partial charge is 0.392 e. The lowest BCUT2D eigenvalue weighted by molar-refractivity contribution is 0.282. The molecule has 0 atom stereocenters. The Kier molecular flexibility index (Phi) is 3.73. The SMILES string of the molecule is OCc1cccc(NNc2c3ccccc3nc3ccccc23)c1. The summed E-state index contributed by atoms with van der Waals surface area (Å²) in [6, 6.07) is 23.8. The van der Waals surface area contributed by atoms with E-state index in [2.05, 4.69) is 23.0 Å². The van der Waals surface area contributed by atoms with Crippen LogP contribution in [0.4, 0.5) is 11.4 Å². The summed E-state index contributed by atoms with van der Waals surface area (Å²) < 4.78 is 0. The number of nitrogens with zero attached hydrogens (tertiary/aromatic N) is 1. The molecule has 4 rings (SSSR count). The van der Waals surface area contributed by atoms with Crippen molar-refractivity contribution in [2.24, 2.45) is 0 Å². The highest BCUT2D eigenvalue weighted by atomic mass is 16.3. The van der Waals surface area contributed by atoms with Crippen LogP contribution in [-0.2, 0) is 6.61 Å². The molecule has 0 radical (unpaired) electrons. The highest BCUT2D eigenvalue weighted by molar-refractivity contribution is 6.07. The van der Waals surface area contributed by atoms with E-state index in [1.165, 1.54) is 0 Å². The summed E-state index contributed by atoms with van der Waals surface area (Å²) in [4.78, 5) is 4.72. The minimum absolute atomic E-state index is 0.0244. The van der Waals surface area contributed by atoms with Gasteiger partial charge in [0.05, 0.1) is 29.0 Å². The number of anilines is 2. The van der Waals surface area contributed by atoms with Gasteiger partial charge in [0.1, 0.15) is 0 Å². The van der Waals surface area contributed by atoms with Crippen LogP contribution in [0.1, 0.15) is 5.56 Å². The van der Waals surface area contributed by atoms with Crippen LogP contribution in [-0.4, -0.2) is 10.1 Å². The standard InChI is InChI=1S/C20H17N3O/c24-13-14-6-5-7-15(12-14)22-23-20-16-8-1-3-10-18(16)21-19-11-4-2-9-17(19)20/h1-12,22,24H,13H2,(H,21,23). The molecule has 118 valence electrons. The highest BCUT2D eigenvalue weighted by Gasteiger charge is 2.08. The Morgan fingerprint density at radius 2 is 1.42 bits per heavy atom. The molecule has 1 heterocycles. The Morgan fingerprint density at radius 3 is 2.08 bits per heavy atom. The zero-order valence-corrected chi connectivity index (χ0v) is 13.0. The zero-order chi connectivity index (χ0) is 16.4. The topological polar surface area (TPSA) is 57.2 Å². The molecule has 0 aliphatic rings. The predicted octanol–water partition coefficient (Wildman–Crippen LogP) is 4.32. The lowest BCUT2D eigenvalue weighted by Crippen LogP contribution is -2.10. The zero-order valence-electron chi connectivity index (χ0n) is 13.0. The summed E-state index contributed by atoms with van der Waals surface area (Å²) in [6.45, 7) is 0.0244. The second-order valence-corrected chi connectivity index (χ2v) is 5.63. The van der Waals surface area contributed by atoms with Gasteiger partial charge in [-0.2, -0.15) is 0 Å². The van der Waals surface area contributed by atoms with Gasteiger partial charge in [-0.15, -0.1) is 0 Å². The molecule has 1 aromatic heterocycles. The van der Waals surface area contributed by atoms with Gasteiger partial charge in [-0.05, 0) is 29.8 Å². The van der Waals surface area contributed by atoms with Gasteiger partial charge in [0.2, 0.25) is 0 Å². The van der Waals surface area contributed by atoms with E-state index in [4.69, 9.17) is 4.98 Å². The average molecular weight is 315 g/mol. The lowest BCUT2D eigenvalue weighted by atomic mass is 10.1. The molecule has 0 spiro atoms. The number of aliphatic hydroxyl groups is 1. The van der Waals surface area contributed by atoms with Crippen LogP contribution >= 0.6 is 0 Å². The normalized spacial score (nSPS) is 10.9. The Labute approximate surface area is 139 Å². The second kappa shape index (κ2) is 6.18. The Balaban J connectivity index is 1.78. The van der Waals surface area contributed by atoms with Gasteiger partial charge in [0.15, 0.2) is 0 Å². The van der Waals surface area contributed by atoms with Crippen LogP contribution in [0.15, 0.2) is 72.8 Å². The summed E-state index contributed by atoms with van der Waals surface area (Å²) in [5.74, 6) is 0. The van der Waals surface area contributed by atoms with Gasteiger partial charge in [-0.3, -0.25) is 5.43 Å². The average Bonchev–Trinajstić information content (AvgIpc) is 2.65. The Bertz CT molecular complexity index is 960. The fraction of sp³-hybridized carbons (Fsp3) is 0.0500. The number of fused-ring (bicyclic) bond motifs is 2. The first-order chi connectivity index (χ1) is 11.8. The molecule has 4 nitrogen and oxygen atoms in total. The van der Waals surface area contributed by atoms with Crippen molar-refractivity contribution in [1.29, 1.82) is 0 Å². The Morgan fingerprint density at radius 1 is 0.750 bits per heavy atom. The molecule has 24 heavy (non-hydrogen) atoms. The van der Waals surface area contributed by atoms with Crippen molar-refractivity contribution in [3.05, 3.63) is 78.4 Å². The van der Waals surface area contributed by atoms with E-state index in [-0.39, 0.29) is 6.61 Å². The van der Waals surface area contributed by atoms with E-state index >= 15 is 0 Å². The number of pyridine rings is 1. The van der Waals surface area contributed by atoms with Crippen molar-refractivity contribution in [3.63, 3.8) is 0 Å². The number of hydrogen-bond acceptors (Lipinski definition) is 4. The minimum Gasteiger partial charge on any atom is -0.392 e. The summed E-state index contributed by atoms with van der Waals surface area (Å²) in [5.41, 5.74) is 11.2. The van der Waals surface area contributed by atoms with Crippen molar-refractivity contribution < 1.29 is 5.11 Å². The van der Waals surface area contributed by atoms with E-state index in [0.717, 1.165) is 38.7 Å². The molecular weight excluding hydrogens is 298 g/mol. The third kappa shape index (κ3) is 2.64. The Hall–Kier alpha value is -3.11. The molecular formula is C20H17N3O. The van der Waals surface area contributed by atoms with Crippen LogP contribution in [0.3, 0.4) is 0 Å². The van der Waals surface area contributed by atoms with Crippen LogP contribution in [0, 0.1) is 0 Å². The van der Waals surface area contributed by atoms with Crippen LogP contribution in [0.25, 0.3) is 21.8 Å². The summed E-state index contributed by atoms with van der Waals surface area (Å²) in [6.07, 6.45) is 0. The van der Waals surface area contributed by atoms with E-state index in [9.17, 15) is 5.11 Å². The van der Waals surface area contributed by atoms with Crippen molar-refractivity contribution in [3.8, 4) is 0 Å². The third-order valence-corrected chi connectivity index (χ3v) is 4.03. The van der Waals surface area contributed by atoms with Crippen LogP contribution in [0.5, 0.6) is 0 Å². The molecule has 0 fully saturated rings. The first-order valence-corrected chi connectivity index (χ1v) is 7.84. The molecule has 0 amide bonds. The molecule has 0 saturated heterocycles. The number of hydrogen-bond donors (Lipinski definition) is 3. The quantitative estimate of drug-likeness (QED) is 0.388. The van der Waals surface area contributed by atoms with Crippen LogP contribution < -0.4 is 10.9 Å². The molecule has 0 aliphatic heterocycles. The predicted molar refractivity (Wildman–Crippen MR) is 98.9 cm³/mol. The fourth-order valence-corrected chi connectivity index (χ4v) is 2.86. The number of aromatic nitrogens is 1. The number of hydrazine groups is 1. The van der Waals surface area contributed by atoms with Crippen molar-refractivity contribution in [2.75, 3.05) is 10.9 Å². The molecule has 4 heteroatoms. The maximum atomic E-state index is 9.27. The van der Waals surface area contributed by atoms with Crippen molar-refractivity contribution in [1.82, 2.24) is 4.98 Å². The fourth-order valence-electron chi connectivity index (χ4n) is 2.86. The minimum atomic E-state index is 0.0244. The lowest BCUT2D eigenvalue weighted by Gasteiger charge is -2.15. The smallest absolute Gasteiger partial charge is 0.0731 e. The van der Waals surface area contributed by atoms with Gasteiger partial charge < -0.3 is 10.5 Å². The van der Waals surface area contributed by atoms with Gasteiger partial charge >= 0.3 is 0 Å². The summed E-state index contributed by atoms with van der Waals surface area (Å²) >= 11 is 0. The maximum absolute atomic E-state index is 9.27. The first kappa shape index (κ1) is 14.5. The van der Waals surface area contributed by atoms with E-state index in [1.807, 2.05) is 60.7 Å². The second-order valence-electron chi connectivity index (χ2n) is 5.63. The summed E-state index contributed by atoms with van der Waals surface area (Å²) in [7, 11) is 0.